The Labute approximate surface area is 167 Å². The number of benzene rings is 1. The lowest BCUT2D eigenvalue weighted by molar-refractivity contribution is -0.182. The van der Waals surface area contributed by atoms with E-state index in [2.05, 4.69) is 12.1 Å². The normalized spacial score (nSPS) is 19.0. The minimum Gasteiger partial charge on any atom is -0.466 e. The summed E-state index contributed by atoms with van der Waals surface area (Å²) in [4.78, 5) is 23.6. The standard InChI is InChI=1S/C23H32O5/c1-2-26-22(25)6-4-3-5-21(24)20-9-7-18(8-10-20)17-19-11-13-23(14-12-19)27-15-16-28-23/h7-10,19H,2-6,11-17H2,1H3. The van der Waals surface area contributed by atoms with Crippen LogP contribution >= 0.6 is 0 Å². The molecule has 1 heterocycles. The van der Waals surface area contributed by atoms with Crippen LogP contribution in [0.1, 0.15) is 74.2 Å². The molecule has 0 atom stereocenters. The highest BCUT2D eigenvalue weighted by molar-refractivity contribution is 5.96. The largest absolute Gasteiger partial charge is 0.466 e. The van der Waals surface area contributed by atoms with E-state index in [1.165, 1.54) is 5.56 Å². The summed E-state index contributed by atoms with van der Waals surface area (Å²) in [5, 5.41) is 0. The predicted octanol–water partition coefficient (Wildman–Crippen LogP) is 4.47. The molecule has 1 spiro atoms. The second kappa shape index (κ2) is 10.2. The maximum absolute atomic E-state index is 12.3. The van der Waals surface area contributed by atoms with E-state index < -0.39 is 0 Å². The van der Waals surface area contributed by atoms with E-state index >= 15 is 0 Å². The van der Waals surface area contributed by atoms with Gasteiger partial charge in [0.05, 0.1) is 19.8 Å². The van der Waals surface area contributed by atoms with Gasteiger partial charge in [-0.15, -0.1) is 0 Å². The van der Waals surface area contributed by atoms with Gasteiger partial charge in [0.2, 0.25) is 0 Å². The molecule has 0 radical (unpaired) electrons. The summed E-state index contributed by atoms with van der Waals surface area (Å²) in [5.74, 6) is 0.326. The summed E-state index contributed by atoms with van der Waals surface area (Å²) in [6.07, 6.45) is 7.54. The number of unbranched alkanes of at least 4 members (excludes halogenated alkanes) is 1. The van der Waals surface area contributed by atoms with Gasteiger partial charge in [0.25, 0.3) is 0 Å². The van der Waals surface area contributed by atoms with Crippen LogP contribution in [-0.2, 0) is 25.4 Å². The third-order valence-electron chi connectivity index (χ3n) is 5.82. The number of carbonyl (C=O) groups excluding carboxylic acids is 2. The van der Waals surface area contributed by atoms with Crippen molar-refractivity contribution >= 4 is 11.8 Å². The van der Waals surface area contributed by atoms with E-state index in [0.717, 1.165) is 50.9 Å². The molecule has 3 rings (SSSR count). The van der Waals surface area contributed by atoms with Crippen molar-refractivity contribution in [2.45, 2.75) is 70.5 Å². The Balaban J connectivity index is 1.38. The van der Waals surface area contributed by atoms with E-state index in [-0.39, 0.29) is 17.5 Å². The number of carbonyl (C=O) groups is 2. The topological polar surface area (TPSA) is 61.8 Å². The lowest BCUT2D eigenvalue weighted by Crippen LogP contribution is -2.35. The van der Waals surface area contributed by atoms with E-state index in [1.807, 2.05) is 12.1 Å². The van der Waals surface area contributed by atoms with Crippen LogP contribution in [0.5, 0.6) is 0 Å². The third kappa shape index (κ3) is 5.89. The summed E-state index contributed by atoms with van der Waals surface area (Å²) < 4.78 is 16.5. The molecule has 0 amide bonds. The maximum Gasteiger partial charge on any atom is 0.305 e. The van der Waals surface area contributed by atoms with Gasteiger partial charge >= 0.3 is 5.97 Å². The van der Waals surface area contributed by atoms with Gasteiger partial charge in [-0.3, -0.25) is 9.59 Å². The van der Waals surface area contributed by atoms with Crippen molar-refractivity contribution in [3.05, 3.63) is 35.4 Å². The van der Waals surface area contributed by atoms with Gasteiger partial charge < -0.3 is 14.2 Å². The van der Waals surface area contributed by atoms with Gasteiger partial charge in [-0.05, 0) is 50.5 Å². The van der Waals surface area contributed by atoms with Crippen molar-refractivity contribution in [1.29, 1.82) is 0 Å². The summed E-state index contributed by atoms with van der Waals surface area (Å²) in [5.41, 5.74) is 2.04. The summed E-state index contributed by atoms with van der Waals surface area (Å²) in [6, 6.07) is 8.05. The smallest absolute Gasteiger partial charge is 0.305 e. The van der Waals surface area contributed by atoms with Crippen molar-refractivity contribution in [3.63, 3.8) is 0 Å². The molecule has 1 aromatic carbocycles. The number of esters is 1. The minimum absolute atomic E-state index is 0.144. The lowest BCUT2D eigenvalue weighted by atomic mass is 9.81. The summed E-state index contributed by atoms with van der Waals surface area (Å²) in [7, 11) is 0. The van der Waals surface area contributed by atoms with Crippen LogP contribution in [0.4, 0.5) is 0 Å². The summed E-state index contributed by atoms with van der Waals surface area (Å²) in [6.45, 7) is 3.66. The molecular formula is C23H32O5. The Bertz CT molecular complexity index is 635. The molecule has 1 saturated carbocycles. The first-order valence-corrected chi connectivity index (χ1v) is 10.7. The van der Waals surface area contributed by atoms with E-state index in [0.29, 0.717) is 38.2 Å². The molecule has 1 aliphatic carbocycles. The van der Waals surface area contributed by atoms with Crippen molar-refractivity contribution in [2.24, 2.45) is 5.92 Å². The molecule has 28 heavy (non-hydrogen) atoms. The van der Waals surface area contributed by atoms with Crippen molar-refractivity contribution in [3.8, 4) is 0 Å². The molecule has 1 aliphatic heterocycles. The van der Waals surface area contributed by atoms with E-state index in [1.54, 1.807) is 6.92 Å². The molecule has 2 fully saturated rings. The molecule has 1 aromatic rings. The third-order valence-corrected chi connectivity index (χ3v) is 5.82. The molecule has 1 saturated heterocycles. The molecule has 2 aliphatic rings. The molecule has 0 bridgehead atoms. The highest BCUT2D eigenvalue weighted by atomic mass is 16.7. The van der Waals surface area contributed by atoms with Gasteiger partial charge in [-0.25, -0.2) is 0 Å². The zero-order chi connectivity index (χ0) is 19.8. The molecule has 5 heteroatoms. The number of ketones is 1. The van der Waals surface area contributed by atoms with Crippen LogP contribution in [0.3, 0.4) is 0 Å². The van der Waals surface area contributed by atoms with Crippen LogP contribution in [0.25, 0.3) is 0 Å². The fourth-order valence-electron chi connectivity index (χ4n) is 4.20. The fraction of sp³-hybridized carbons (Fsp3) is 0.652. The van der Waals surface area contributed by atoms with Gasteiger partial charge in [0, 0.05) is 31.2 Å². The maximum atomic E-state index is 12.3. The van der Waals surface area contributed by atoms with Gasteiger partial charge in [-0.1, -0.05) is 24.3 Å². The minimum atomic E-state index is -0.292. The Kier molecular flexibility index (Phi) is 7.63. The average molecular weight is 389 g/mol. The van der Waals surface area contributed by atoms with Crippen LogP contribution in [0.15, 0.2) is 24.3 Å². The number of Topliss-reactive ketones (excluding diaryl/α,β-unsaturated/α-hetero) is 1. The highest BCUT2D eigenvalue weighted by Crippen LogP contribution is 2.39. The zero-order valence-corrected chi connectivity index (χ0v) is 16.9. The number of hydrogen-bond acceptors (Lipinski definition) is 5. The van der Waals surface area contributed by atoms with Gasteiger partial charge in [-0.2, -0.15) is 0 Å². The molecule has 0 N–H and O–H groups in total. The van der Waals surface area contributed by atoms with Crippen molar-refractivity contribution in [2.75, 3.05) is 19.8 Å². The van der Waals surface area contributed by atoms with Crippen LogP contribution in [0, 0.1) is 5.92 Å². The van der Waals surface area contributed by atoms with E-state index in [4.69, 9.17) is 14.2 Å². The predicted molar refractivity (Wildman–Crippen MR) is 106 cm³/mol. The number of hydrogen-bond donors (Lipinski definition) is 0. The quantitative estimate of drug-likeness (QED) is 0.355. The SMILES string of the molecule is CCOC(=O)CCCCC(=O)c1ccc(CC2CCC3(CC2)OCCO3)cc1. The molecule has 5 nitrogen and oxygen atoms in total. The highest BCUT2D eigenvalue weighted by Gasteiger charge is 2.40. The average Bonchev–Trinajstić information content (AvgIpc) is 3.16. The summed E-state index contributed by atoms with van der Waals surface area (Å²) >= 11 is 0. The first-order chi connectivity index (χ1) is 13.6. The van der Waals surface area contributed by atoms with E-state index in [9.17, 15) is 9.59 Å². The monoisotopic (exact) mass is 388 g/mol. The molecule has 154 valence electrons. The Morgan fingerprint density at radius 1 is 1.04 bits per heavy atom. The first-order valence-electron chi connectivity index (χ1n) is 10.7. The number of rotatable bonds is 9. The lowest BCUT2D eigenvalue weighted by Gasteiger charge is -2.35. The van der Waals surface area contributed by atoms with Crippen molar-refractivity contribution in [1.82, 2.24) is 0 Å². The Morgan fingerprint density at radius 2 is 1.68 bits per heavy atom. The van der Waals surface area contributed by atoms with Gasteiger partial charge in [0.15, 0.2) is 11.6 Å². The van der Waals surface area contributed by atoms with Crippen LogP contribution in [0.2, 0.25) is 0 Å². The van der Waals surface area contributed by atoms with Crippen LogP contribution < -0.4 is 0 Å². The van der Waals surface area contributed by atoms with Crippen molar-refractivity contribution < 1.29 is 23.8 Å². The van der Waals surface area contributed by atoms with Gasteiger partial charge in [0.1, 0.15) is 0 Å². The number of ether oxygens (including phenoxy) is 3. The second-order valence-electron chi connectivity index (χ2n) is 7.89. The fourth-order valence-corrected chi connectivity index (χ4v) is 4.20. The Hall–Kier alpha value is -1.72. The second-order valence-corrected chi connectivity index (χ2v) is 7.89. The first kappa shape index (κ1) is 21.0. The molecule has 0 unspecified atom stereocenters. The molecule has 0 aromatic heterocycles. The zero-order valence-electron chi connectivity index (χ0n) is 16.9. The Morgan fingerprint density at radius 3 is 2.32 bits per heavy atom. The van der Waals surface area contributed by atoms with Crippen LogP contribution in [-0.4, -0.2) is 37.4 Å². The molecular weight excluding hydrogens is 356 g/mol.